The summed E-state index contributed by atoms with van der Waals surface area (Å²) in [6.07, 6.45) is 7.38. The Morgan fingerprint density at radius 1 is 1.00 bits per heavy atom. The molecule has 1 unspecified atom stereocenters. The van der Waals surface area contributed by atoms with Gasteiger partial charge in [-0.3, -0.25) is 0 Å². The minimum atomic E-state index is -0.583. The summed E-state index contributed by atoms with van der Waals surface area (Å²) in [5, 5.41) is 0. The van der Waals surface area contributed by atoms with Crippen molar-refractivity contribution in [1.29, 1.82) is 0 Å². The van der Waals surface area contributed by atoms with Crippen LogP contribution in [-0.2, 0) is 14.2 Å². The van der Waals surface area contributed by atoms with E-state index >= 15 is 0 Å². The first-order valence-corrected chi connectivity index (χ1v) is 8.57. The lowest BCUT2D eigenvalue weighted by Gasteiger charge is -2.32. The van der Waals surface area contributed by atoms with Crippen molar-refractivity contribution >= 4 is 0 Å². The molecule has 0 amide bonds. The molecule has 0 bridgehead atoms. The maximum Gasteiger partial charge on any atom is 0.168 e. The summed E-state index contributed by atoms with van der Waals surface area (Å²) in [5.41, 5.74) is 2.72. The van der Waals surface area contributed by atoms with Crippen molar-refractivity contribution in [3.05, 3.63) is 23.3 Å². The molecule has 0 radical (unpaired) electrons. The molecule has 0 aliphatic carbocycles. The van der Waals surface area contributed by atoms with Gasteiger partial charge < -0.3 is 14.2 Å². The highest BCUT2D eigenvalue weighted by Crippen LogP contribution is 2.23. The molecule has 0 heterocycles. The lowest BCUT2D eigenvalue weighted by molar-refractivity contribution is -0.234. The Morgan fingerprint density at radius 3 is 2.05 bits per heavy atom. The van der Waals surface area contributed by atoms with Gasteiger partial charge in [-0.25, -0.2) is 0 Å². The number of rotatable bonds is 12. The Balaban J connectivity index is 4.77. The lowest BCUT2D eigenvalue weighted by Crippen LogP contribution is -2.37. The van der Waals surface area contributed by atoms with Gasteiger partial charge in [0.25, 0.3) is 0 Å². The van der Waals surface area contributed by atoms with Crippen LogP contribution in [0.25, 0.3) is 0 Å². The van der Waals surface area contributed by atoms with E-state index in [9.17, 15) is 0 Å². The van der Waals surface area contributed by atoms with Crippen molar-refractivity contribution in [2.75, 3.05) is 19.8 Å². The van der Waals surface area contributed by atoms with Crippen LogP contribution in [0.4, 0.5) is 0 Å². The van der Waals surface area contributed by atoms with Crippen LogP contribution in [0.15, 0.2) is 23.3 Å². The molecule has 0 rings (SSSR count). The van der Waals surface area contributed by atoms with Crippen LogP contribution >= 0.6 is 0 Å². The van der Waals surface area contributed by atoms with Gasteiger partial charge in [0.1, 0.15) is 0 Å². The van der Waals surface area contributed by atoms with Crippen LogP contribution in [0.3, 0.4) is 0 Å². The van der Waals surface area contributed by atoms with Gasteiger partial charge in [-0.2, -0.15) is 0 Å². The van der Waals surface area contributed by atoms with Gasteiger partial charge >= 0.3 is 0 Å². The average Bonchev–Trinajstić information content (AvgIpc) is 2.38. The van der Waals surface area contributed by atoms with E-state index in [-0.39, 0.29) is 6.10 Å². The predicted octanol–water partition coefficient (Wildman–Crippen LogP) is 5.26. The van der Waals surface area contributed by atoms with Gasteiger partial charge in [0.2, 0.25) is 0 Å². The monoisotopic (exact) mass is 312 g/mol. The zero-order valence-corrected chi connectivity index (χ0v) is 15.7. The van der Waals surface area contributed by atoms with E-state index in [0.29, 0.717) is 26.2 Å². The van der Waals surface area contributed by atoms with Crippen molar-refractivity contribution in [2.45, 2.75) is 79.6 Å². The molecule has 0 aromatic heterocycles. The van der Waals surface area contributed by atoms with Crippen molar-refractivity contribution in [3.63, 3.8) is 0 Å². The smallest absolute Gasteiger partial charge is 0.168 e. The van der Waals surface area contributed by atoms with E-state index in [0.717, 1.165) is 12.8 Å². The van der Waals surface area contributed by atoms with E-state index in [1.807, 2.05) is 27.7 Å². The van der Waals surface area contributed by atoms with Crippen LogP contribution < -0.4 is 0 Å². The van der Waals surface area contributed by atoms with Crippen LogP contribution in [0.5, 0.6) is 0 Å². The Morgan fingerprint density at radius 2 is 1.59 bits per heavy atom. The van der Waals surface area contributed by atoms with Gasteiger partial charge in [-0.1, -0.05) is 23.3 Å². The Hall–Kier alpha value is -0.640. The first-order valence-electron chi connectivity index (χ1n) is 8.57. The van der Waals surface area contributed by atoms with Crippen LogP contribution in [0.2, 0.25) is 0 Å². The number of hydrogen-bond acceptors (Lipinski definition) is 3. The largest absolute Gasteiger partial charge is 0.374 e. The molecule has 1 atom stereocenters. The van der Waals surface area contributed by atoms with Crippen molar-refractivity contribution in [1.82, 2.24) is 0 Å². The van der Waals surface area contributed by atoms with E-state index in [2.05, 4.69) is 32.9 Å². The van der Waals surface area contributed by atoms with Crippen molar-refractivity contribution in [3.8, 4) is 0 Å². The predicted molar refractivity (Wildman–Crippen MR) is 94.1 cm³/mol. The standard InChI is InChI=1S/C19H36O3/c1-8-20-18(14-17(6)13-11-12-16(4)5)15-19(7,21-9-2)22-10-3/h12,14,18H,8-11,13,15H2,1-7H3. The SMILES string of the molecule is CCOC(C=C(C)CCC=C(C)C)CC(C)(OCC)OCC. The number of hydrogen-bond donors (Lipinski definition) is 0. The fourth-order valence-electron chi connectivity index (χ4n) is 2.50. The first-order chi connectivity index (χ1) is 10.4. The highest BCUT2D eigenvalue weighted by atomic mass is 16.7. The third kappa shape index (κ3) is 10.1. The molecule has 0 aliphatic heterocycles. The van der Waals surface area contributed by atoms with Gasteiger partial charge in [0.05, 0.1) is 6.10 Å². The molecule has 130 valence electrons. The minimum absolute atomic E-state index is 0.0276. The van der Waals surface area contributed by atoms with Gasteiger partial charge in [0, 0.05) is 26.2 Å². The third-order valence-corrected chi connectivity index (χ3v) is 3.41. The Labute approximate surface area is 137 Å². The van der Waals surface area contributed by atoms with Crippen LogP contribution in [-0.4, -0.2) is 31.7 Å². The molecule has 0 aromatic rings. The highest BCUT2D eigenvalue weighted by Gasteiger charge is 2.28. The first kappa shape index (κ1) is 21.4. The molecule has 3 nitrogen and oxygen atoms in total. The summed E-state index contributed by atoms with van der Waals surface area (Å²) >= 11 is 0. The summed E-state index contributed by atoms with van der Waals surface area (Å²) in [6, 6.07) is 0. The quantitative estimate of drug-likeness (QED) is 0.363. The summed E-state index contributed by atoms with van der Waals surface area (Å²) < 4.78 is 17.5. The fraction of sp³-hybridized carbons (Fsp3) is 0.789. The third-order valence-electron chi connectivity index (χ3n) is 3.41. The minimum Gasteiger partial charge on any atom is -0.374 e. The van der Waals surface area contributed by atoms with Crippen LogP contribution in [0, 0.1) is 0 Å². The van der Waals surface area contributed by atoms with Gasteiger partial charge in [0.15, 0.2) is 5.79 Å². The molecule has 0 aliphatic rings. The summed E-state index contributed by atoms with van der Waals surface area (Å²) in [4.78, 5) is 0. The van der Waals surface area contributed by atoms with E-state index in [4.69, 9.17) is 14.2 Å². The highest BCUT2D eigenvalue weighted by molar-refractivity contribution is 5.05. The van der Waals surface area contributed by atoms with Gasteiger partial charge in [-0.15, -0.1) is 0 Å². The normalized spacial score (nSPS) is 14.0. The molecule has 0 spiro atoms. The van der Waals surface area contributed by atoms with Crippen LogP contribution in [0.1, 0.15) is 67.7 Å². The Kier molecular flexibility index (Phi) is 11.5. The zero-order chi connectivity index (χ0) is 17.0. The molecule has 0 N–H and O–H groups in total. The molecule has 0 saturated carbocycles. The van der Waals surface area contributed by atoms with E-state index < -0.39 is 5.79 Å². The Bertz CT molecular complexity index is 335. The second-order valence-electron chi connectivity index (χ2n) is 6.03. The summed E-state index contributed by atoms with van der Waals surface area (Å²) in [6.45, 7) is 16.4. The maximum atomic E-state index is 5.88. The van der Waals surface area contributed by atoms with Crippen molar-refractivity contribution in [2.24, 2.45) is 0 Å². The van der Waals surface area contributed by atoms with E-state index in [1.54, 1.807) is 0 Å². The van der Waals surface area contributed by atoms with Gasteiger partial charge in [-0.05, 0) is 61.3 Å². The second kappa shape index (κ2) is 11.9. The topological polar surface area (TPSA) is 27.7 Å². The molecule has 0 saturated heterocycles. The number of ether oxygens (including phenoxy) is 3. The average molecular weight is 312 g/mol. The zero-order valence-electron chi connectivity index (χ0n) is 15.7. The molecule has 0 aromatic carbocycles. The molecule has 22 heavy (non-hydrogen) atoms. The summed E-state index contributed by atoms with van der Waals surface area (Å²) in [7, 11) is 0. The summed E-state index contributed by atoms with van der Waals surface area (Å²) in [5.74, 6) is -0.583. The lowest BCUT2D eigenvalue weighted by atomic mass is 10.0. The molecular weight excluding hydrogens is 276 g/mol. The molecule has 0 fully saturated rings. The maximum absolute atomic E-state index is 5.88. The molecular formula is C19H36O3. The fourth-order valence-corrected chi connectivity index (χ4v) is 2.50. The molecule has 3 heteroatoms. The van der Waals surface area contributed by atoms with Crippen molar-refractivity contribution < 1.29 is 14.2 Å². The van der Waals surface area contributed by atoms with E-state index in [1.165, 1.54) is 11.1 Å². The second-order valence-corrected chi connectivity index (χ2v) is 6.03. The number of allylic oxidation sites excluding steroid dienone is 3.